The molecular formula is C27H36N2O5. The smallest absolute Gasteiger partial charge is 0.148 e. The highest BCUT2D eigenvalue weighted by Gasteiger charge is 2.09. The molecule has 1 heterocycles. The van der Waals surface area contributed by atoms with Gasteiger partial charge in [-0.3, -0.25) is 0 Å². The average molecular weight is 469 g/mol. The monoisotopic (exact) mass is 468 g/mol. The minimum absolute atomic E-state index is 0.222. The predicted octanol–water partition coefficient (Wildman–Crippen LogP) is 4.00. The normalized spacial score (nSPS) is 12.4. The van der Waals surface area contributed by atoms with Crippen molar-refractivity contribution < 1.29 is 23.7 Å². The van der Waals surface area contributed by atoms with Gasteiger partial charge in [-0.15, -0.1) is 0 Å². The van der Waals surface area contributed by atoms with Crippen LogP contribution in [-0.4, -0.2) is 68.9 Å². The number of aromatic nitrogens is 2. The molecule has 2 rings (SSSR count). The summed E-state index contributed by atoms with van der Waals surface area (Å²) in [5, 5.41) is 0. The number of hydrogen-bond acceptors (Lipinski definition) is 7. The maximum Gasteiger partial charge on any atom is 0.148 e. The van der Waals surface area contributed by atoms with Gasteiger partial charge in [0.2, 0.25) is 0 Å². The fraction of sp³-hybridized carbons (Fsp3) is 0.556. The first-order valence-corrected chi connectivity index (χ1v) is 11.9. The summed E-state index contributed by atoms with van der Waals surface area (Å²) in [6.07, 6.45) is 1.05. The van der Waals surface area contributed by atoms with Gasteiger partial charge < -0.3 is 23.7 Å². The first-order chi connectivity index (χ1) is 16.6. The van der Waals surface area contributed by atoms with E-state index in [1.165, 1.54) is 0 Å². The highest BCUT2D eigenvalue weighted by Crippen LogP contribution is 2.19. The molecule has 0 N–H and O–H groups in total. The van der Waals surface area contributed by atoms with Gasteiger partial charge in [0.05, 0.1) is 44.6 Å². The summed E-state index contributed by atoms with van der Waals surface area (Å²) >= 11 is 0. The minimum Gasteiger partial charge on any atom is -0.497 e. The third-order valence-corrected chi connectivity index (χ3v) is 4.82. The van der Waals surface area contributed by atoms with Crippen molar-refractivity contribution in [2.45, 2.75) is 52.7 Å². The van der Waals surface area contributed by atoms with Crippen LogP contribution in [0.1, 0.15) is 51.9 Å². The molecular weight excluding hydrogens is 432 g/mol. The van der Waals surface area contributed by atoms with Crippen LogP contribution < -0.4 is 4.74 Å². The first-order valence-electron chi connectivity index (χ1n) is 11.9. The zero-order valence-corrected chi connectivity index (χ0v) is 21.0. The van der Waals surface area contributed by atoms with Crippen LogP contribution in [0.15, 0.2) is 18.2 Å². The Balaban J connectivity index is 2.33. The third kappa shape index (κ3) is 9.29. The number of methoxy groups -OCH3 is 1. The Bertz CT molecular complexity index is 1000. The van der Waals surface area contributed by atoms with E-state index in [1.807, 2.05) is 45.9 Å². The molecule has 0 bridgehead atoms. The standard InChI is InChI=1S/C27H36N2O5/c1-6-21(33-18-16-31-8-3)10-13-24-25(14-11-22(7-2)34-19-17-32-9-4)29-27-20-23(30-5)12-15-26(27)28-24/h12,15,20-22H,6-9,16-19H2,1-5H3/t21-,22-/m0/s1. The average Bonchev–Trinajstić information content (AvgIpc) is 2.87. The van der Waals surface area contributed by atoms with Crippen molar-refractivity contribution in [1.82, 2.24) is 9.97 Å². The second kappa shape index (κ2) is 16.0. The Hall–Kier alpha value is -2.68. The van der Waals surface area contributed by atoms with Gasteiger partial charge in [0, 0.05) is 19.3 Å². The van der Waals surface area contributed by atoms with Crippen molar-refractivity contribution in [2.75, 3.05) is 46.8 Å². The van der Waals surface area contributed by atoms with Gasteiger partial charge in [0.25, 0.3) is 0 Å². The summed E-state index contributed by atoms with van der Waals surface area (Å²) in [5.41, 5.74) is 2.44. The van der Waals surface area contributed by atoms with Crippen molar-refractivity contribution >= 4 is 11.0 Å². The van der Waals surface area contributed by atoms with E-state index in [2.05, 4.69) is 23.7 Å². The van der Waals surface area contributed by atoms with E-state index < -0.39 is 0 Å². The molecule has 0 unspecified atom stereocenters. The quantitative estimate of drug-likeness (QED) is 0.325. The van der Waals surface area contributed by atoms with Gasteiger partial charge in [0.15, 0.2) is 0 Å². The lowest BCUT2D eigenvalue weighted by Crippen LogP contribution is -2.14. The number of nitrogens with zero attached hydrogens (tertiary/aromatic N) is 2. The zero-order chi connectivity index (χ0) is 24.6. The maximum atomic E-state index is 5.82. The molecule has 7 heteroatoms. The number of ether oxygens (including phenoxy) is 5. The van der Waals surface area contributed by atoms with Gasteiger partial charge in [-0.05, 0) is 50.7 Å². The van der Waals surface area contributed by atoms with Crippen LogP contribution in [0.2, 0.25) is 0 Å². The molecule has 0 aliphatic rings. The largest absolute Gasteiger partial charge is 0.497 e. The van der Waals surface area contributed by atoms with Gasteiger partial charge in [0.1, 0.15) is 29.3 Å². The Labute approximate surface area is 203 Å². The van der Waals surface area contributed by atoms with E-state index >= 15 is 0 Å². The van der Waals surface area contributed by atoms with E-state index in [0.717, 1.165) is 18.4 Å². The van der Waals surface area contributed by atoms with Crippen molar-refractivity contribution in [2.24, 2.45) is 0 Å². The molecule has 0 fully saturated rings. The lowest BCUT2D eigenvalue weighted by atomic mass is 10.2. The molecule has 0 aliphatic carbocycles. The SMILES string of the molecule is CCOCCO[C@H](C#Cc1nc2ccc(OC)cc2nc1C#C[C@H](CC)OCCOCC)CC. The van der Waals surface area contributed by atoms with E-state index in [-0.39, 0.29) is 12.2 Å². The highest BCUT2D eigenvalue weighted by molar-refractivity contribution is 5.77. The molecule has 0 saturated carbocycles. The molecule has 1 aromatic heterocycles. The highest BCUT2D eigenvalue weighted by atomic mass is 16.5. The van der Waals surface area contributed by atoms with Crippen LogP contribution in [0.5, 0.6) is 5.75 Å². The summed E-state index contributed by atoms with van der Waals surface area (Å²) in [7, 11) is 1.62. The molecule has 34 heavy (non-hydrogen) atoms. The fourth-order valence-electron chi connectivity index (χ4n) is 2.94. The van der Waals surface area contributed by atoms with E-state index in [1.54, 1.807) is 7.11 Å². The lowest BCUT2D eigenvalue weighted by molar-refractivity contribution is 0.0292. The molecule has 0 aliphatic heterocycles. The zero-order valence-electron chi connectivity index (χ0n) is 21.0. The van der Waals surface area contributed by atoms with Crippen molar-refractivity contribution in [3.8, 4) is 29.4 Å². The van der Waals surface area contributed by atoms with Crippen molar-refractivity contribution in [1.29, 1.82) is 0 Å². The topological polar surface area (TPSA) is 71.9 Å². The Morgan fingerprint density at radius 3 is 1.74 bits per heavy atom. The molecule has 0 radical (unpaired) electrons. The second-order valence-electron chi connectivity index (χ2n) is 7.24. The molecule has 184 valence electrons. The third-order valence-electron chi connectivity index (χ3n) is 4.82. The number of fused-ring (bicyclic) bond motifs is 1. The van der Waals surface area contributed by atoms with Crippen LogP contribution in [0.25, 0.3) is 11.0 Å². The summed E-state index contributed by atoms with van der Waals surface area (Å²) in [4.78, 5) is 9.45. The molecule has 0 spiro atoms. The lowest BCUT2D eigenvalue weighted by Gasteiger charge is -2.10. The van der Waals surface area contributed by atoms with Gasteiger partial charge in [-0.2, -0.15) is 0 Å². The van der Waals surface area contributed by atoms with Crippen molar-refractivity contribution in [3.05, 3.63) is 29.6 Å². The van der Waals surface area contributed by atoms with Crippen LogP contribution in [0.4, 0.5) is 0 Å². The number of benzene rings is 1. The summed E-state index contributed by atoms with van der Waals surface area (Å²) in [6, 6.07) is 5.56. The van der Waals surface area contributed by atoms with E-state index in [4.69, 9.17) is 33.7 Å². The van der Waals surface area contributed by atoms with Crippen LogP contribution in [0, 0.1) is 23.7 Å². The fourth-order valence-corrected chi connectivity index (χ4v) is 2.94. The predicted molar refractivity (Wildman–Crippen MR) is 133 cm³/mol. The van der Waals surface area contributed by atoms with Crippen molar-refractivity contribution in [3.63, 3.8) is 0 Å². The molecule has 7 nitrogen and oxygen atoms in total. The van der Waals surface area contributed by atoms with Crippen LogP contribution >= 0.6 is 0 Å². The van der Waals surface area contributed by atoms with Gasteiger partial charge in [-0.1, -0.05) is 25.7 Å². The molecule has 2 aromatic rings. The molecule has 0 saturated heterocycles. The van der Waals surface area contributed by atoms with E-state index in [9.17, 15) is 0 Å². The number of hydrogen-bond donors (Lipinski definition) is 0. The summed E-state index contributed by atoms with van der Waals surface area (Å²) in [6.45, 7) is 11.4. The molecule has 0 amide bonds. The summed E-state index contributed by atoms with van der Waals surface area (Å²) in [5.74, 6) is 13.3. The summed E-state index contributed by atoms with van der Waals surface area (Å²) < 4.78 is 27.7. The van der Waals surface area contributed by atoms with Gasteiger partial charge >= 0.3 is 0 Å². The Morgan fingerprint density at radius 2 is 1.26 bits per heavy atom. The Morgan fingerprint density at radius 1 is 0.735 bits per heavy atom. The maximum absolute atomic E-state index is 5.82. The number of rotatable bonds is 13. The van der Waals surface area contributed by atoms with Crippen LogP contribution in [-0.2, 0) is 18.9 Å². The first kappa shape index (κ1) is 27.6. The molecule has 2 atom stereocenters. The van der Waals surface area contributed by atoms with Gasteiger partial charge in [-0.25, -0.2) is 9.97 Å². The van der Waals surface area contributed by atoms with E-state index in [0.29, 0.717) is 62.3 Å². The second-order valence-corrected chi connectivity index (χ2v) is 7.24. The van der Waals surface area contributed by atoms with Crippen LogP contribution in [0.3, 0.4) is 0 Å². The Kier molecular flexibility index (Phi) is 13.0. The molecule has 1 aromatic carbocycles. The minimum atomic E-state index is -0.227.